The van der Waals surface area contributed by atoms with Gasteiger partial charge >= 0.3 is 12.1 Å². The third-order valence-corrected chi connectivity index (χ3v) is 5.30. The average Bonchev–Trinajstić information content (AvgIpc) is 2.71. The number of nitrogens with one attached hydrogen (secondary N) is 1. The van der Waals surface area contributed by atoms with Gasteiger partial charge in [-0.2, -0.15) is 0 Å². The number of benzene rings is 1. The fraction of sp³-hybridized carbons (Fsp3) is 0.680. The van der Waals surface area contributed by atoms with Crippen molar-refractivity contribution in [3.63, 3.8) is 0 Å². The van der Waals surface area contributed by atoms with Crippen molar-refractivity contribution in [1.82, 2.24) is 5.32 Å². The van der Waals surface area contributed by atoms with Gasteiger partial charge in [-0.3, -0.25) is 0 Å². The van der Waals surface area contributed by atoms with E-state index in [-0.39, 0.29) is 18.1 Å². The normalized spacial score (nSPS) is 25.2. The third-order valence-electron chi connectivity index (χ3n) is 5.30. The van der Waals surface area contributed by atoms with Gasteiger partial charge in [0.15, 0.2) is 0 Å². The molecule has 6 nitrogen and oxygen atoms in total. The number of ether oxygens (including phenoxy) is 3. The second-order valence-corrected chi connectivity index (χ2v) is 9.89. The van der Waals surface area contributed by atoms with Gasteiger partial charge in [0, 0.05) is 12.5 Å². The largest absolute Gasteiger partial charge is 0.461 e. The Bertz CT molecular complexity index is 698. The molecular weight excluding hydrogens is 394 g/mol. The molecule has 1 amide bonds. The van der Waals surface area contributed by atoms with Crippen LogP contribution in [0.4, 0.5) is 4.79 Å². The predicted molar refractivity (Wildman–Crippen MR) is 121 cm³/mol. The Balaban J connectivity index is 2.16. The summed E-state index contributed by atoms with van der Waals surface area (Å²) in [5.41, 5.74) is 0.562. The fourth-order valence-corrected chi connectivity index (χ4v) is 3.80. The zero-order chi connectivity index (χ0) is 23.0. The number of carbonyl (C=O) groups excluding carboxylic acids is 2. The maximum Gasteiger partial charge on any atom is 0.408 e. The molecule has 1 aromatic carbocycles. The Morgan fingerprint density at radius 3 is 2.48 bits per heavy atom. The first-order valence-corrected chi connectivity index (χ1v) is 11.4. The number of alkyl carbamates (subject to hydrolysis) is 1. The molecule has 6 heteroatoms. The van der Waals surface area contributed by atoms with Gasteiger partial charge < -0.3 is 19.5 Å². The Morgan fingerprint density at radius 2 is 1.87 bits per heavy atom. The van der Waals surface area contributed by atoms with Crippen molar-refractivity contribution in [2.45, 2.75) is 91.1 Å². The second kappa shape index (κ2) is 11.5. The summed E-state index contributed by atoms with van der Waals surface area (Å²) in [6.07, 6.45) is 1.84. The molecule has 4 atom stereocenters. The van der Waals surface area contributed by atoms with Gasteiger partial charge in [-0.15, -0.1) is 0 Å². The lowest BCUT2D eigenvalue weighted by Crippen LogP contribution is -2.45. The molecule has 1 saturated heterocycles. The Kier molecular flexibility index (Phi) is 9.35. The first-order chi connectivity index (χ1) is 14.5. The molecule has 2 rings (SSSR count). The highest BCUT2D eigenvalue weighted by Crippen LogP contribution is 2.28. The van der Waals surface area contributed by atoms with E-state index in [1.54, 1.807) is 20.8 Å². The van der Waals surface area contributed by atoms with Crippen LogP contribution in [0.2, 0.25) is 0 Å². The van der Waals surface area contributed by atoms with E-state index in [0.29, 0.717) is 18.9 Å². The molecule has 0 saturated carbocycles. The summed E-state index contributed by atoms with van der Waals surface area (Å²) in [6, 6.07) is 9.49. The minimum atomic E-state index is -0.724. The van der Waals surface area contributed by atoms with E-state index in [9.17, 15) is 9.59 Å². The molecule has 0 spiro atoms. The minimum Gasteiger partial charge on any atom is -0.461 e. The molecule has 0 bridgehead atoms. The molecule has 1 fully saturated rings. The number of hydrogen-bond acceptors (Lipinski definition) is 5. The zero-order valence-corrected chi connectivity index (χ0v) is 19.9. The number of rotatable bonds is 6. The van der Waals surface area contributed by atoms with Crippen molar-refractivity contribution in [3.05, 3.63) is 35.9 Å². The maximum atomic E-state index is 12.9. The number of cyclic esters (lactones) is 1. The summed E-state index contributed by atoms with van der Waals surface area (Å²) < 4.78 is 17.5. The molecule has 1 aliphatic heterocycles. The molecule has 1 aliphatic rings. The van der Waals surface area contributed by atoms with Gasteiger partial charge in [-0.05, 0) is 64.9 Å². The predicted octanol–water partition coefficient (Wildman–Crippen LogP) is 4.90. The van der Waals surface area contributed by atoms with Crippen LogP contribution in [0.25, 0.3) is 0 Å². The Morgan fingerprint density at radius 1 is 1.19 bits per heavy atom. The van der Waals surface area contributed by atoms with E-state index in [4.69, 9.17) is 14.2 Å². The van der Waals surface area contributed by atoms with Crippen LogP contribution in [-0.4, -0.2) is 42.5 Å². The summed E-state index contributed by atoms with van der Waals surface area (Å²) >= 11 is 0. The van der Waals surface area contributed by atoms with Crippen LogP contribution in [0.1, 0.15) is 66.4 Å². The monoisotopic (exact) mass is 433 g/mol. The lowest BCUT2D eigenvalue weighted by atomic mass is 9.87. The van der Waals surface area contributed by atoms with Crippen molar-refractivity contribution in [2.75, 3.05) is 6.61 Å². The van der Waals surface area contributed by atoms with Crippen LogP contribution in [0.3, 0.4) is 0 Å². The summed E-state index contributed by atoms with van der Waals surface area (Å²) in [5.74, 6) is 0.0377. The van der Waals surface area contributed by atoms with E-state index in [1.807, 2.05) is 25.1 Å². The van der Waals surface area contributed by atoms with Gasteiger partial charge in [0.25, 0.3) is 0 Å². The quantitative estimate of drug-likeness (QED) is 0.646. The zero-order valence-electron chi connectivity index (χ0n) is 19.9. The van der Waals surface area contributed by atoms with Crippen molar-refractivity contribution in [3.8, 4) is 0 Å². The van der Waals surface area contributed by atoms with Crippen LogP contribution >= 0.6 is 0 Å². The maximum absolute atomic E-state index is 12.9. The van der Waals surface area contributed by atoms with E-state index >= 15 is 0 Å². The van der Waals surface area contributed by atoms with Crippen LogP contribution in [0, 0.1) is 11.8 Å². The minimum absolute atomic E-state index is 0.0225. The number of amides is 1. The molecule has 174 valence electrons. The van der Waals surface area contributed by atoms with E-state index < -0.39 is 23.7 Å². The molecule has 0 aliphatic carbocycles. The molecular formula is C25H39NO5. The summed E-state index contributed by atoms with van der Waals surface area (Å²) in [4.78, 5) is 25.1. The summed E-state index contributed by atoms with van der Waals surface area (Å²) in [5, 5.41) is 2.69. The highest BCUT2D eigenvalue weighted by Gasteiger charge is 2.35. The third kappa shape index (κ3) is 8.90. The van der Waals surface area contributed by atoms with Crippen LogP contribution < -0.4 is 5.32 Å². The molecule has 1 aromatic rings. The first-order valence-electron chi connectivity index (χ1n) is 11.4. The van der Waals surface area contributed by atoms with E-state index in [1.165, 1.54) is 5.56 Å². The SMILES string of the molecule is CC(C)CO[C@H]1CCC[C@H](NC(=O)OC(C)(C)C)C(=O)O[C@@H](C)[C@@H]1Cc1ccccc1. The standard InChI is InChI=1S/C25H39NO5/c1-17(2)16-29-22-14-10-13-21(26-24(28)31-25(4,5)6)23(27)30-18(3)20(22)15-19-11-8-7-9-12-19/h7-9,11-12,17-18,20-22H,10,13-16H2,1-6H3,(H,26,28)/t18-,20-,21-,22-/m0/s1. The van der Waals surface area contributed by atoms with Crippen LogP contribution in [-0.2, 0) is 25.4 Å². The smallest absolute Gasteiger partial charge is 0.408 e. The first kappa shape index (κ1) is 25.2. The molecule has 1 heterocycles. The Hall–Kier alpha value is -2.08. The van der Waals surface area contributed by atoms with Crippen LogP contribution in [0.15, 0.2) is 30.3 Å². The van der Waals surface area contributed by atoms with Crippen LogP contribution in [0.5, 0.6) is 0 Å². The van der Waals surface area contributed by atoms with E-state index in [2.05, 4.69) is 31.3 Å². The van der Waals surface area contributed by atoms with Crippen molar-refractivity contribution < 1.29 is 23.8 Å². The van der Waals surface area contributed by atoms with Gasteiger partial charge in [0.1, 0.15) is 17.7 Å². The van der Waals surface area contributed by atoms with Crippen molar-refractivity contribution in [2.24, 2.45) is 11.8 Å². The van der Waals surface area contributed by atoms with Gasteiger partial charge in [0.2, 0.25) is 0 Å². The van der Waals surface area contributed by atoms with Crippen molar-refractivity contribution in [1.29, 1.82) is 0 Å². The second-order valence-electron chi connectivity index (χ2n) is 9.89. The Labute approximate surface area is 187 Å². The molecule has 0 radical (unpaired) electrons. The fourth-order valence-electron chi connectivity index (χ4n) is 3.80. The molecule has 0 unspecified atom stereocenters. The summed E-state index contributed by atoms with van der Waals surface area (Å²) in [6.45, 7) is 12.2. The van der Waals surface area contributed by atoms with Crippen molar-refractivity contribution >= 4 is 12.1 Å². The highest BCUT2D eigenvalue weighted by molar-refractivity contribution is 5.81. The lowest BCUT2D eigenvalue weighted by Gasteiger charge is -2.32. The highest BCUT2D eigenvalue weighted by atomic mass is 16.6. The number of carbonyl (C=O) groups is 2. The molecule has 31 heavy (non-hydrogen) atoms. The van der Waals surface area contributed by atoms with Gasteiger partial charge in [-0.25, -0.2) is 9.59 Å². The molecule has 1 N–H and O–H groups in total. The summed E-state index contributed by atoms with van der Waals surface area (Å²) in [7, 11) is 0. The van der Waals surface area contributed by atoms with Gasteiger partial charge in [0.05, 0.1) is 6.10 Å². The van der Waals surface area contributed by atoms with Gasteiger partial charge in [-0.1, -0.05) is 44.2 Å². The average molecular weight is 434 g/mol. The number of hydrogen-bond donors (Lipinski definition) is 1. The lowest BCUT2D eigenvalue weighted by molar-refractivity contribution is -0.156. The molecule has 0 aromatic heterocycles. The number of esters is 1. The van der Waals surface area contributed by atoms with E-state index in [0.717, 1.165) is 19.3 Å². The topological polar surface area (TPSA) is 73.9 Å².